The lowest BCUT2D eigenvalue weighted by Gasteiger charge is -2.01. The summed E-state index contributed by atoms with van der Waals surface area (Å²) >= 11 is 1.36. The molecule has 94 valence electrons. The number of hydrogen-bond donors (Lipinski definition) is 1. The van der Waals surface area contributed by atoms with E-state index < -0.39 is 5.97 Å². The van der Waals surface area contributed by atoms with Crippen LogP contribution in [0.15, 0.2) is 18.2 Å². The third kappa shape index (κ3) is 3.04. The van der Waals surface area contributed by atoms with Crippen molar-refractivity contribution in [1.29, 1.82) is 0 Å². The number of fused-ring (bicyclic) bond motifs is 1. The predicted octanol–water partition coefficient (Wildman–Crippen LogP) is 1.07. The average molecular weight is 263 g/mol. The molecule has 0 aliphatic carbocycles. The number of aromatic nitrogens is 1. The van der Waals surface area contributed by atoms with E-state index in [0.29, 0.717) is 5.13 Å². The zero-order chi connectivity index (χ0) is 13.1. The van der Waals surface area contributed by atoms with E-state index in [2.05, 4.69) is 10.3 Å². The van der Waals surface area contributed by atoms with Gasteiger partial charge in [-0.15, -0.1) is 0 Å². The van der Waals surface area contributed by atoms with Crippen LogP contribution in [-0.4, -0.2) is 16.9 Å². The number of carboxylic acid groups (broad SMARTS) is 1. The maximum atomic E-state index is 11.4. The highest BCUT2D eigenvalue weighted by molar-refractivity contribution is 7.22. The summed E-state index contributed by atoms with van der Waals surface area (Å²) < 4.78 is 0.982. The second kappa shape index (κ2) is 5.14. The first-order valence-corrected chi connectivity index (χ1v) is 6.23. The van der Waals surface area contributed by atoms with Crippen LogP contribution < -0.4 is 10.4 Å². The molecule has 0 saturated carbocycles. The van der Waals surface area contributed by atoms with Crippen molar-refractivity contribution in [2.75, 3.05) is 5.32 Å². The smallest absolute Gasteiger partial charge is 0.226 e. The van der Waals surface area contributed by atoms with E-state index in [0.717, 1.165) is 15.8 Å². The van der Waals surface area contributed by atoms with Crippen LogP contribution in [0.1, 0.15) is 18.4 Å². The number of aliphatic carboxylic acids is 1. The topological polar surface area (TPSA) is 82.1 Å². The molecule has 0 fully saturated rings. The molecule has 0 atom stereocenters. The maximum absolute atomic E-state index is 11.4. The number of anilines is 1. The molecule has 1 aromatic heterocycles. The number of carboxylic acids is 1. The van der Waals surface area contributed by atoms with Gasteiger partial charge in [-0.3, -0.25) is 4.79 Å². The van der Waals surface area contributed by atoms with Crippen LogP contribution in [0.2, 0.25) is 0 Å². The van der Waals surface area contributed by atoms with Crippen molar-refractivity contribution in [3.05, 3.63) is 23.8 Å². The first-order valence-electron chi connectivity index (χ1n) is 5.41. The highest BCUT2D eigenvalue weighted by Gasteiger charge is 2.07. The molecule has 0 spiro atoms. The molecule has 0 saturated heterocycles. The van der Waals surface area contributed by atoms with Crippen LogP contribution in [0.4, 0.5) is 5.13 Å². The zero-order valence-electron chi connectivity index (χ0n) is 9.73. The number of rotatable bonds is 4. The Balaban J connectivity index is 2.07. The Morgan fingerprint density at radius 1 is 1.39 bits per heavy atom. The van der Waals surface area contributed by atoms with E-state index in [-0.39, 0.29) is 18.7 Å². The van der Waals surface area contributed by atoms with Gasteiger partial charge in [-0.25, -0.2) is 4.98 Å². The monoisotopic (exact) mass is 263 g/mol. The molecule has 1 N–H and O–H groups in total. The summed E-state index contributed by atoms with van der Waals surface area (Å²) in [7, 11) is 0. The van der Waals surface area contributed by atoms with Gasteiger partial charge in [0.2, 0.25) is 5.91 Å². The molecule has 0 bridgehead atoms. The van der Waals surface area contributed by atoms with Gasteiger partial charge in [0.1, 0.15) is 0 Å². The highest BCUT2D eigenvalue weighted by Crippen LogP contribution is 2.26. The van der Waals surface area contributed by atoms with Gasteiger partial charge in [-0.1, -0.05) is 17.4 Å². The van der Waals surface area contributed by atoms with Crippen LogP contribution in [0.25, 0.3) is 10.2 Å². The molecule has 2 aromatic rings. The second-order valence-electron chi connectivity index (χ2n) is 3.91. The highest BCUT2D eigenvalue weighted by atomic mass is 32.1. The minimum atomic E-state index is -1.23. The number of thiazole rings is 1. The Morgan fingerprint density at radius 3 is 2.89 bits per heavy atom. The lowest BCUT2D eigenvalue weighted by atomic mass is 10.2. The molecule has 1 aromatic carbocycles. The van der Waals surface area contributed by atoms with Crippen LogP contribution in [0.3, 0.4) is 0 Å². The van der Waals surface area contributed by atoms with Gasteiger partial charge < -0.3 is 15.2 Å². The fraction of sp³-hybridized carbons (Fsp3) is 0.250. The van der Waals surface area contributed by atoms with Crippen molar-refractivity contribution in [3.8, 4) is 0 Å². The number of carbonyl (C=O) groups excluding carboxylic acids is 2. The van der Waals surface area contributed by atoms with Gasteiger partial charge in [-0.2, -0.15) is 0 Å². The molecule has 2 rings (SSSR count). The number of hydrogen-bond acceptors (Lipinski definition) is 5. The Labute approximate surface area is 107 Å². The normalized spacial score (nSPS) is 10.5. The fourth-order valence-electron chi connectivity index (χ4n) is 1.49. The molecule has 0 unspecified atom stereocenters. The van der Waals surface area contributed by atoms with E-state index in [4.69, 9.17) is 0 Å². The van der Waals surface area contributed by atoms with Crippen LogP contribution in [-0.2, 0) is 9.59 Å². The summed E-state index contributed by atoms with van der Waals surface area (Å²) in [6.07, 6.45) is -0.382. The Morgan fingerprint density at radius 2 is 2.17 bits per heavy atom. The summed E-state index contributed by atoms with van der Waals surface area (Å²) in [5, 5.41) is 13.3. The van der Waals surface area contributed by atoms with Crippen molar-refractivity contribution >= 4 is 38.6 Å². The first-order chi connectivity index (χ1) is 8.54. The van der Waals surface area contributed by atoms with Gasteiger partial charge in [0, 0.05) is 12.4 Å². The Kier molecular flexibility index (Phi) is 3.57. The molecule has 1 heterocycles. The van der Waals surface area contributed by atoms with Crippen molar-refractivity contribution in [3.63, 3.8) is 0 Å². The molecule has 0 aliphatic rings. The van der Waals surface area contributed by atoms with Crippen molar-refractivity contribution in [2.45, 2.75) is 19.8 Å². The van der Waals surface area contributed by atoms with E-state index in [1.165, 1.54) is 11.3 Å². The van der Waals surface area contributed by atoms with Gasteiger partial charge in [-0.05, 0) is 31.0 Å². The number of nitrogens with zero attached hydrogens (tertiary/aromatic N) is 1. The van der Waals surface area contributed by atoms with Crippen molar-refractivity contribution < 1.29 is 14.7 Å². The number of aryl methyl sites for hydroxylation is 1. The fourth-order valence-corrected chi connectivity index (χ4v) is 2.35. The lowest BCUT2D eigenvalue weighted by Crippen LogP contribution is -2.24. The molecular formula is C12H11N2O3S-. The Bertz CT molecular complexity index is 606. The molecule has 0 radical (unpaired) electrons. The SMILES string of the molecule is Cc1ccc2sc(NC(=O)CCC(=O)[O-])nc2c1. The van der Waals surface area contributed by atoms with Crippen LogP contribution in [0.5, 0.6) is 0 Å². The van der Waals surface area contributed by atoms with Crippen molar-refractivity contribution in [1.82, 2.24) is 4.98 Å². The van der Waals surface area contributed by atoms with Gasteiger partial charge >= 0.3 is 0 Å². The molecule has 5 nitrogen and oxygen atoms in total. The first kappa shape index (κ1) is 12.5. The number of benzene rings is 1. The lowest BCUT2D eigenvalue weighted by molar-refractivity contribution is -0.305. The summed E-state index contributed by atoms with van der Waals surface area (Å²) in [6.45, 7) is 1.97. The minimum Gasteiger partial charge on any atom is -0.550 e. The number of amides is 1. The van der Waals surface area contributed by atoms with Crippen molar-refractivity contribution in [2.24, 2.45) is 0 Å². The quantitative estimate of drug-likeness (QED) is 0.894. The largest absolute Gasteiger partial charge is 0.550 e. The predicted molar refractivity (Wildman–Crippen MR) is 67.2 cm³/mol. The summed E-state index contributed by atoms with van der Waals surface area (Å²) in [5.74, 6) is -1.60. The number of carbonyl (C=O) groups is 2. The van der Waals surface area contributed by atoms with E-state index >= 15 is 0 Å². The van der Waals surface area contributed by atoms with Crippen LogP contribution in [0, 0.1) is 6.92 Å². The summed E-state index contributed by atoms with van der Waals surface area (Å²) in [4.78, 5) is 25.9. The molecular weight excluding hydrogens is 252 g/mol. The van der Waals surface area contributed by atoms with E-state index in [1.54, 1.807) is 0 Å². The van der Waals surface area contributed by atoms with E-state index in [1.807, 2.05) is 25.1 Å². The summed E-state index contributed by atoms with van der Waals surface area (Å²) in [6, 6.07) is 5.85. The van der Waals surface area contributed by atoms with Gasteiger partial charge in [0.05, 0.1) is 10.2 Å². The summed E-state index contributed by atoms with van der Waals surface area (Å²) in [5.41, 5.74) is 1.93. The third-order valence-electron chi connectivity index (χ3n) is 2.35. The third-order valence-corrected chi connectivity index (χ3v) is 3.30. The maximum Gasteiger partial charge on any atom is 0.226 e. The van der Waals surface area contributed by atoms with Crippen LogP contribution >= 0.6 is 11.3 Å². The molecule has 6 heteroatoms. The van der Waals surface area contributed by atoms with E-state index in [9.17, 15) is 14.7 Å². The molecule has 0 aliphatic heterocycles. The van der Waals surface area contributed by atoms with Gasteiger partial charge in [0.25, 0.3) is 0 Å². The Hall–Kier alpha value is -1.95. The molecule has 1 amide bonds. The standard InChI is InChI=1S/C12H12N2O3S/c1-7-2-3-9-8(6-7)13-12(18-9)14-10(15)4-5-11(16)17/h2-3,6H,4-5H2,1H3,(H,16,17)(H,13,14,15)/p-1. The number of nitrogens with one attached hydrogen (secondary N) is 1. The second-order valence-corrected chi connectivity index (χ2v) is 4.94. The molecule has 18 heavy (non-hydrogen) atoms. The van der Waals surface area contributed by atoms with Gasteiger partial charge in [0.15, 0.2) is 5.13 Å². The minimum absolute atomic E-state index is 0.0999. The zero-order valence-corrected chi connectivity index (χ0v) is 10.5. The average Bonchev–Trinajstić information content (AvgIpc) is 2.67.